The third-order valence-electron chi connectivity index (χ3n) is 2.86. The number of carboxylic acids is 1. The molecule has 0 unspecified atom stereocenters. The van der Waals surface area contributed by atoms with E-state index in [1.165, 1.54) is 17.0 Å². The number of carbonyl (C=O) groups is 1. The van der Waals surface area contributed by atoms with Crippen LogP contribution in [-0.2, 0) is 0 Å². The summed E-state index contributed by atoms with van der Waals surface area (Å²) in [5.41, 5.74) is 6.83. The molecule has 0 saturated heterocycles. The van der Waals surface area contributed by atoms with Crippen molar-refractivity contribution in [2.45, 2.75) is 6.92 Å². The van der Waals surface area contributed by atoms with Crippen molar-refractivity contribution in [3.8, 4) is 17.8 Å². The molecule has 0 bridgehead atoms. The minimum absolute atomic E-state index is 0.0150. The maximum Gasteiger partial charge on any atom is 0.337 e. The minimum Gasteiger partial charge on any atom is -0.478 e. The van der Waals surface area contributed by atoms with Crippen LogP contribution in [0.25, 0.3) is 5.69 Å². The van der Waals surface area contributed by atoms with Crippen molar-refractivity contribution in [3.05, 3.63) is 41.0 Å². The zero-order valence-electron chi connectivity index (χ0n) is 10.5. The molecule has 0 fully saturated rings. The molecule has 7 nitrogen and oxygen atoms in total. The van der Waals surface area contributed by atoms with E-state index in [0.29, 0.717) is 11.3 Å². The van der Waals surface area contributed by atoms with E-state index < -0.39 is 5.97 Å². The van der Waals surface area contributed by atoms with E-state index in [1.807, 2.05) is 6.07 Å². The van der Waals surface area contributed by atoms with Gasteiger partial charge in [-0.2, -0.15) is 10.5 Å². The van der Waals surface area contributed by atoms with Crippen molar-refractivity contribution >= 4 is 11.7 Å². The summed E-state index contributed by atoms with van der Waals surface area (Å²) in [4.78, 5) is 15.0. The van der Waals surface area contributed by atoms with Crippen molar-refractivity contribution in [3.63, 3.8) is 0 Å². The third kappa shape index (κ3) is 1.93. The lowest BCUT2D eigenvalue weighted by Crippen LogP contribution is -2.07. The number of aromatic carboxylic acids is 1. The van der Waals surface area contributed by atoms with Crippen molar-refractivity contribution in [1.29, 1.82) is 10.5 Å². The van der Waals surface area contributed by atoms with Crippen LogP contribution in [0.4, 0.5) is 5.69 Å². The molecule has 20 heavy (non-hydrogen) atoms. The second-order valence-corrected chi connectivity index (χ2v) is 4.06. The van der Waals surface area contributed by atoms with Crippen LogP contribution in [-0.4, -0.2) is 20.6 Å². The van der Waals surface area contributed by atoms with Crippen LogP contribution >= 0.6 is 0 Å². The molecular formula is C13H9N5O2. The van der Waals surface area contributed by atoms with Crippen LogP contribution in [0.15, 0.2) is 18.5 Å². The van der Waals surface area contributed by atoms with Crippen LogP contribution in [0, 0.1) is 29.6 Å². The SMILES string of the molecule is Cc1cc(-n2cnc(C#N)c2C#N)cc(C(=O)O)c1N. The number of benzene rings is 1. The van der Waals surface area contributed by atoms with Gasteiger partial charge in [0.2, 0.25) is 0 Å². The Balaban J connectivity index is 2.72. The second-order valence-electron chi connectivity index (χ2n) is 4.06. The first-order valence-electron chi connectivity index (χ1n) is 5.51. The lowest BCUT2D eigenvalue weighted by molar-refractivity contribution is 0.0698. The van der Waals surface area contributed by atoms with Crippen LogP contribution in [0.5, 0.6) is 0 Å². The molecule has 1 aromatic heterocycles. The fourth-order valence-electron chi connectivity index (χ4n) is 1.83. The lowest BCUT2D eigenvalue weighted by Gasteiger charge is -2.10. The maximum absolute atomic E-state index is 11.2. The highest BCUT2D eigenvalue weighted by atomic mass is 16.4. The van der Waals surface area contributed by atoms with E-state index in [1.54, 1.807) is 19.1 Å². The topological polar surface area (TPSA) is 129 Å². The molecule has 0 atom stereocenters. The fourth-order valence-corrected chi connectivity index (χ4v) is 1.83. The number of anilines is 1. The molecule has 0 aliphatic heterocycles. The number of carboxylic acid groups (broad SMARTS) is 1. The van der Waals surface area contributed by atoms with Gasteiger partial charge in [0, 0.05) is 11.4 Å². The molecule has 7 heteroatoms. The van der Waals surface area contributed by atoms with E-state index in [2.05, 4.69) is 4.98 Å². The van der Waals surface area contributed by atoms with Gasteiger partial charge in [-0.1, -0.05) is 0 Å². The summed E-state index contributed by atoms with van der Waals surface area (Å²) in [6.07, 6.45) is 1.30. The molecule has 2 rings (SSSR count). The molecule has 1 heterocycles. The van der Waals surface area contributed by atoms with E-state index in [4.69, 9.17) is 21.4 Å². The Hall–Kier alpha value is -3.32. The van der Waals surface area contributed by atoms with Gasteiger partial charge in [-0.15, -0.1) is 0 Å². The van der Waals surface area contributed by atoms with Gasteiger partial charge in [0.05, 0.1) is 5.56 Å². The second kappa shape index (κ2) is 4.75. The number of hydrogen-bond acceptors (Lipinski definition) is 5. The van der Waals surface area contributed by atoms with Crippen molar-refractivity contribution in [2.75, 3.05) is 5.73 Å². The number of nitrogen functional groups attached to an aromatic ring is 1. The number of aromatic nitrogens is 2. The number of aryl methyl sites for hydroxylation is 1. The highest BCUT2D eigenvalue weighted by Gasteiger charge is 2.16. The first kappa shape index (κ1) is 13.1. The molecule has 98 valence electrons. The van der Waals surface area contributed by atoms with Crippen LogP contribution in [0.1, 0.15) is 27.3 Å². The van der Waals surface area contributed by atoms with E-state index in [0.717, 1.165) is 0 Å². The predicted molar refractivity (Wildman–Crippen MR) is 69.1 cm³/mol. The van der Waals surface area contributed by atoms with Gasteiger partial charge in [0.15, 0.2) is 11.4 Å². The van der Waals surface area contributed by atoms with E-state index in [9.17, 15) is 4.79 Å². The first-order chi connectivity index (χ1) is 9.49. The zero-order chi connectivity index (χ0) is 14.9. The Labute approximate surface area is 114 Å². The number of nitrogens with two attached hydrogens (primary N) is 1. The summed E-state index contributed by atoms with van der Waals surface area (Å²) in [5.74, 6) is -1.16. The fraction of sp³-hybridized carbons (Fsp3) is 0.0769. The number of rotatable bonds is 2. The average Bonchev–Trinajstić information content (AvgIpc) is 2.84. The van der Waals surface area contributed by atoms with Crippen molar-refractivity contribution < 1.29 is 9.90 Å². The standard InChI is InChI=1S/C13H9N5O2/c1-7-2-8(3-9(12(7)16)13(19)20)18-6-17-10(4-14)11(18)5-15/h2-3,6H,16H2,1H3,(H,19,20). The molecule has 1 aromatic carbocycles. The minimum atomic E-state index is -1.16. The molecular weight excluding hydrogens is 258 g/mol. The molecule has 2 aromatic rings. The predicted octanol–water partition coefficient (Wildman–Crippen LogP) is 1.20. The average molecular weight is 267 g/mol. The van der Waals surface area contributed by atoms with Crippen molar-refractivity contribution in [1.82, 2.24) is 9.55 Å². The Morgan fingerprint density at radius 1 is 1.40 bits per heavy atom. The van der Waals surface area contributed by atoms with E-state index >= 15 is 0 Å². The van der Waals surface area contributed by atoms with Gasteiger partial charge in [-0.3, -0.25) is 4.57 Å². The molecule has 3 N–H and O–H groups in total. The summed E-state index contributed by atoms with van der Waals surface area (Å²) in [7, 11) is 0. The molecule has 0 aliphatic carbocycles. The van der Waals surface area contributed by atoms with Gasteiger partial charge in [0.1, 0.15) is 18.5 Å². The lowest BCUT2D eigenvalue weighted by atomic mass is 10.1. The Morgan fingerprint density at radius 2 is 2.10 bits per heavy atom. The van der Waals surface area contributed by atoms with Gasteiger partial charge >= 0.3 is 5.97 Å². The Bertz CT molecular complexity index is 792. The largest absolute Gasteiger partial charge is 0.478 e. The van der Waals surface area contributed by atoms with Gasteiger partial charge in [-0.05, 0) is 24.6 Å². The Kier molecular flexibility index (Phi) is 3.11. The van der Waals surface area contributed by atoms with Crippen molar-refractivity contribution in [2.24, 2.45) is 0 Å². The zero-order valence-corrected chi connectivity index (χ0v) is 10.5. The summed E-state index contributed by atoms with van der Waals surface area (Å²) in [6, 6.07) is 6.65. The number of nitriles is 2. The number of nitrogens with zero attached hydrogens (tertiary/aromatic N) is 4. The van der Waals surface area contributed by atoms with Gasteiger partial charge in [-0.25, -0.2) is 9.78 Å². The van der Waals surface area contributed by atoms with Crippen LogP contribution in [0.3, 0.4) is 0 Å². The summed E-state index contributed by atoms with van der Waals surface area (Å²) >= 11 is 0. The highest BCUT2D eigenvalue weighted by molar-refractivity contribution is 5.95. The summed E-state index contributed by atoms with van der Waals surface area (Å²) < 4.78 is 1.36. The molecule has 0 spiro atoms. The summed E-state index contributed by atoms with van der Waals surface area (Å²) in [5, 5.41) is 27.1. The maximum atomic E-state index is 11.2. The number of hydrogen-bond donors (Lipinski definition) is 2. The Morgan fingerprint density at radius 3 is 2.65 bits per heavy atom. The molecule has 0 saturated carbocycles. The molecule has 0 radical (unpaired) electrons. The molecule has 0 amide bonds. The normalized spacial score (nSPS) is 9.75. The first-order valence-corrected chi connectivity index (χ1v) is 5.51. The smallest absolute Gasteiger partial charge is 0.337 e. The monoisotopic (exact) mass is 267 g/mol. The van der Waals surface area contributed by atoms with Crippen LogP contribution < -0.4 is 5.73 Å². The molecule has 0 aliphatic rings. The highest BCUT2D eigenvalue weighted by Crippen LogP contribution is 2.23. The van der Waals surface area contributed by atoms with E-state index in [-0.39, 0.29) is 22.6 Å². The number of imidazole rings is 1. The van der Waals surface area contributed by atoms with Gasteiger partial charge in [0.25, 0.3) is 0 Å². The van der Waals surface area contributed by atoms with Gasteiger partial charge < -0.3 is 10.8 Å². The summed E-state index contributed by atoms with van der Waals surface area (Å²) in [6.45, 7) is 1.67. The third-order valence-corrected chi connectivity index (χ3v) is 2.86. The quantitative estimate of drug-likeness (QED) is 0.786. The van der Waals surface area contributed by atoms with Crippen LogP contribution in [0.2, 0.25) is 0 Å².